The van der Waals surface area contributed by atoms with Crippen LogP contribution in [0.25, 0.3) is 21.8 Å². The zero-order valence-corrected chi connectivity index (χ0v) is 31.4. The molecule has 0 amide bonds. The zero-order chi connectivity index (χ0) is 38.1. The van der Waals surface area contributed by atoms with Gasteiger partial charge in [-0.2, -0.15) is 0 Å². The summed E-state index contributed by atoms with van der Waals surface area (Å²) in [5.74, 6) is -4.33. The topological polar surface area (TPSA) is 125 Å². The lowest BCUT2D eigenvalue weighted by Gasteiger charge is -2.36. The third kappa shape index (κ3) is 9.03. The second-order valence-electron chi connectivity index (χ2n) is 13.0. The molecule has 17 heteroatoms. The number of aromatic nitrogens is 3. The predicted octanol–water partition coefficient (Wildman–Crippen LogP) is 6.83. The first-order chi connectivity index (χ1) is 25.1. The molecule has 0 aliphatic carbocycles. The summed E-state index contributed by atoms with van der Waals surface area (Å²) in [5.41, 5.74) is 1.64. The highest BCUT2D eigenvalue weighted by Crippen LogP contribution is 2.39. The molecule has 0 radical (unpaired) electrons. The van der Waals surface area contributed by atoms with Gasteiger partial charge in [-0.25, -0.2) is 49.3 Å². The standard InChI is InChI=1S/C36H36F4N6O4S3/c1-22(2)35-44-32(24-7-4-6-23(18-24)21-53(49,50)34-25(37)8-5-9-26(34)38)33(51-35)29-10-11-41-36(42-29)43-30-19-28(40)31(20-27(30)39)46-14-12-45(13-15-46)16-17-52(3,47)48/h4-11,18-20,22H,12-17,21H2,1-3H3,(H,41,42,43). The van der Waals surface area contributed by atoms with Crippen molar-refractivity contribution in [1.82, 2.24) is 19.9 Å². The van der Waals surface area contributed by atoms with E-state index in [1.807, 2.05) is 18.7 Å². The first kappa shape index (κ1) is 38.3. The molecule has 1 fully saturated rings. The highest BCUT2D eigenvalue weighted by molar-refractivity contribution is 7.91. The second kappa shape index (κ2) is 15.5. The van der Waals surface area contributed by atoms with Gasteiger partial charge in [0.1, 0.15) is 38.0 Å². The first-order valence-corrected chi connectivity index (χ1v) is 21.1. The van der Waals surface area contributed by atoms with Crippen LogP contribution >= 0.6 is 11.3 Å². The van der Waals surface area contributed by atoms with E-state index in [9.17, 15) is 25.6 Å². The van der Waals surface area contributed by atoms with Gasteiger partial charge in [-0.15, -0.1) is 11.3 Å². The van der Waals surface area contributed by atoms with Gasteiger partial charge in [0, 0.05) is 68.8 Å². The van der Waals surface area contributed by atoms with Gasteiger partial charge in [0.15, 0.2) is 9.84 Å². The minimum atomic E-state index is -4.38. The van der Waals surface area contributed by atoms with E-state index in [1.54, 1.807) is 35.2 Å². The molecule has 1 saturated heterocycles. The van der Waals surface area contributed by atoms with Crippen molar-refractivity contribution >= 4 is 48.3 Å². The second-order valence-corrected chi connectivity index (χ2v) is 18.2. The van der Waals surface area contributed by atoms with E-state index in [4.69, 9.17) is 4.98 Å². The Bertz CT molecular complexity index is 2350. The Morgan fingerprint density at radius 1 is 0.849 bits per heavy atom. The van der Waals surface area contributed by atoms with Gasteiger partial charge in [0.25, 0.3) is 0 Å². The van der Waals surface area contributed by atoms with Crippen molar-refractivity contribution in [2.24, 2.45) is 0 Å². The molecule has 1 N–H and O–H groups in total. The molecule has 5 aromatic rings. The molecule has 0 spiro atoms. The van der Waals surface area contributed by atoms with Gasteiger partial charge >= 0.3 is 0 Å². The molecule has 0 unspecified atom stereocenters. The smallest absolute Gasteiger partial charge is 0.227 e. The SMILES string of the molecule is CC(C)c1nc(-c2cccc(CS(=O)(=O)c3c(F)cccc3F)c2)c(-c2ccnc(Nc3cc(F)c(N4CCN(CCS(C)(=O)=O)CC4)cc3F)n2)s1. The number of benzene rings is 3. The maximum atomic E-state index is 15.4. The number of sulfone groups is 2. The first-order valence-electron chi connectivity index (χ1n) is 16.6. The average Bonchev–Trinajstić information content (AvgIpc) is 3.55. The Hall–Kier alpha value is -4.45. The average molecular weight is 789 g/mol. The molecule has 280 valence electrons. The van der Waals surface area contributed by atoms with Crippen LogP contribution in [0.2, 0.25) is 0 Å². The Labute approximate surface area is 309 Å². The fourth-order valence-electron chi connectivity index (χ4n) is 5.88. The van der Waals surface area contributed by atoms with E-state index in [2.05, 4.69) is 15.3 Å². The number of nitrogens with one attached hydrogen (secondary N) is 1. The fourth-order valence-corrected chi connectivity index (χ4v) is 9.02. The largest absolute Gasteiger partial charge is 0.367 e. The molecule has 0 bridgehead atoms. The van der Waals surface area contributed by atoms with Crippen LogP contribution in [0.5, 0.6) is 0 Å². The predicted molar refractivity (Wildman–Crippen MR) is 198 cm³/mol. The van der Waals surface area contributed by atoms with E-state index in [-0.39, 0.29) is 34.6 Å². The molecule has 3 heterocycles. The lowest BCUT2D eigenvalue weighted by atomic mass is 10.1. The van der Waals surface area contributed by atoms with Crippen LogP contribution in [0.4, 0.5) is 34.9 Å². The number of thiazole rings is 1. The lowest BCUT2D eigenvalue weighted by Crippen LogP contribution is -2.47. The third-order valence-corrected chi connectivity index (χ3v) is 12.6. The molecule has 53 heavy (non-hydrogen) atoms. The summed E-state index contributed by atoms with van der Waals surface area (Å²) in [6.45, 7) is 6.12. The van der Waals surface area contributed by atoms with Gasteiger partial charge in [0.05, 0.1) is 44.2 Å². The van der Waals surface area contributed by atoms with Crippen molar-refractivity contribution in [3.8, 4) is 21.8 Å². The van der Waals surface area contributed by atoms with E-state index >= 15 is 8.78 Å². The number of halogens is 4. The summed E-state index contributed by atoms with van der Waals surface area (Å²) in [6, 6.07) is 13.2. The van der Waals surface area contributed by atoms with Crippen molar-refractivity contribution in [1.29, 1.82) is 0 Å². The summed E-state index contributed by atoms with van der Waals surface area (Å²) < 4.78 is 109. The Morgan fingerprint density at radius 2 is 1.55 bits per heavy atom. The number of anilines is 3. The molecule has 0 saturated carbocycles. The van der Waals surface area contributed by atoms with Crippen molar-refractivity contribution in [3.05, 3.63) is 101 Å². The van der Waals surface area contributed by atoms with Crippen LogP contribution in [-0.2, 0) is 25.4 Å². The summed E-state index contributed by atoms with van der Waals surface area (Å²) in [4.78, 5) is 16.9. The maximum Gasteiger partial charge on any atom is 0.227 e. The van der Waals surface area contributed by atoms with Gasteiger partial charge in [-0.1, -0.05) is 38.1 Å². The van der Waals surface area contributed by atoms with Crippen LogP contribution in [-0.4, -0.2) is 81.4 Å². The summed E-state index contributed by atoms with van der Waals surface area (Å²) in [6.07, 6.45) is 2.64. The molecule has 0 atom stereocenters. The quantitative estimate of drug-likeness (QED) is 0.135. The lowest BCUT2D eigenvalue weighted by molar-refractivity contribution is 0.271. The van der Waals surface area contributed by atoms with Crippen molar-refractivity contribution < 1.29 is 34.4 Å². The Morgan fingerprint density at radius 3 is 2.23 bits per heavy atom. The van der Waals surface area contributed by atoms with Crippen molar-refractivity contribution in [2.45, 2.75) is 30.4 Å². The van der Waals surface area contributed by atoms with Crippen molar-refractivity contribution in [2.75, 3.05) is 54.9 Å². The number of piperazine rings is 1. The van der Waals surface area contributed by atoms with E-state index in [0.717, 1.165) is 35.3 Å². The van der Waals surface area contributed by atoms with Crippen LogP contribution < -0.4 is 10.2 Å². The molecule has 2 aromatic heterocycles. The van der Waals surface area contributed by atoms with E-state index in [1.165, 1.54) is 23.8 Å². The normalized spacial score (nSPS) is 14.2. The summed E-state index contributed by atoms with van der Waals surface area (Å²) >= 11 is 1.36. The summed E-state index contributed by atoms with van der Waals surface area (Å²) in [5, 5.41) is 3.53. The number of rotatable bonds is 12. The molecule has 6 rings (SSSR count). The fraction of sp³-hybridized carbons (Fsp3) is 0.306. The van der Waals surface area contributed by atoms with E-state index in [0.29, 0.717) is 54.6 Å². The van der Waals surface area contributed by atoms with Crippen LogP contribution in [0.1, 0.15) is 30.3 Å². The monoisotopic (exact) mass is 788 g/mol. The van der Waals surface area contributed by atoms with Gasteiger partial charge in [-0.3, -0.25) is 4.90 Å². The molecule has 1 aliphatic heterocycles. The molecular formula is C36H36F4N6O4S3. The summed E-state index contributed by atoms with van der Waals surface area (Å²) in [7, 11) is -7.49. The van der Waals surface area contributed by atoms with Gasteiger partial charge in [0.2, 0.25) is 5.95 Å². The highest BCUT2D eigenvalue weighted by atomic mass is 32.2. The Balaban J connectivity index is 1.24. The molecule has 10 nitrogen and oxygen atoms in total. The van der Waals surface area contributed by atoms with Gasteiger partial charge in [-0.05, 0) is 29.8 Å². The third-order valence-electron chi connectivity index (χ3n) is 8.59. The van der Waals surface area contributed by atoms with Crippen molar-refractivity contribution in [3.63, 3.8) is 0 Å². The molecule has 3 aromatic carbocycles. The maximum absolute atomic E-state index is 15.4. The Kier molecular flexibility index (Phi) is 11.2. The molecule has 1 aliphatic rings. The minimum Gasteiger partial charge on any atom is -0.367 e. The minimum absolute atomic E-state index is 0.00903. The van der Waals surface area contributed by atoms with Gasteiger partial charge < -0.3 is 10.2 Å². The number of nitrogens with zero attached hydrogens (tertiary/aromatic N) is 5. The number of hydrogen-bond acceptors (Lipinski definition) is 11. The number of hydrogen-bond donors (Lipinski definition) is 1. The van der Waals surface area contributed by atoms with Crippen LogP contribution in [0.3, 0.4) is 0 Å². The molecular weight excluding hydrogens is 753 g/mol. The highest BCUT2D eigenvalue weighted by Gasteiger charge is 2.26. The van der Waals surface area contributed by atoms with Crippen LogP contribution in [0.15, 0.2) is 71.8 Å². The van der Waals surface area contributed by atoms with Crippen LogP contribution in [0, 0.1) is 23.3 Å². The van der Waals surface area contributed by atoms with E-state index < -0.39 is 53.6 Å². The zero-order valence-electron chi connectivity index (χ0n) is 29.0.